The third kappa shape index (κ3) is 1.96. The Morgan fingerprint density at radius 1 is 1.44 bits per heavy atom. The summed E-state index contributed by atoms with van der Waals surface area (Å²) in [6.45, 7) is 4.62. The van der Waals surface area contributed by atoms with Crippen molar-refractivity contribution in [3.63, 3.8) is 0 Å². The van der Waals surface area contributed by atoms with Crippen LogP contribution in [0.1, 0.15) is 23.5 Å². The van der Waals surface area contributed by atoms with Crippen LogP contribution in [-0.2, 0) is 10.2 Å². The summed E-state index contributed by atoms with van der Waals surface area (Å²) < 4.78 is 5.38. The maximum Gasteiger partial charge on any atom is 0.0597 e. The van der Waals surface area contributed by atoms with Crippen molar-refractivity contribution in [2.24, 2.45) is 5.73 Å². The lowest BCUT2D eigenvalue weighted by molar-refractivity contribution is -0.0550. The molecule has 1 unspecified atom stereocenters. The van der Waals surface area contributed by atoms with Gasteiger partial charge in [-0.05, 0) is 37.1 Å². The van der Waals surface area contributed by atoms with Crippen molar-refractivity contribution in [1.82, 2.24) is 4.90 Å². The molecule has 0 spiro atoms. The Bertz CT molecular complexity index is 423. The molecule has 1 aromatic carbocycles. The van der Waals surface area contributed by atoms with Gasteiger partial charge in [0.05, 0.1) is 18.6 Å². The number of ether oxygens (including phenoxy) is 1. The van der Waals surface area contributed by atoms with E-state index < -0.39 is 0 Å². The SMILES string of the molecule is CN1CCC(c2cccc(C3(CN)COC3)c2)C1. The van der Waals surface area contributed by atoms with E-state index in [4.69, 9.17) is 10.5 Å². The molecule has 2 fully saturated rings. The van der Waals surface area contributed by atoms with Gasteiger partial charge in [-0.15, -0.1) is 0 Å². The first-order chi connectivity index (χ1) is 8.73. The zero-order valence-electron chi connectivity index (χ0n) is 11.1. The molecule has 2 saturated heterocycles. The molecule has 18 heavy (non-hydrogen) atoms. The topological polar surface area (TPSA) is 38.5 Å². The molecule has 0 aliphatic carbocycles. The van der Waals surface area contributed by atoms with Gasteiger partial charge in [0.2, 0.25) is 0 Å². The molecule has 2 aliphatic rings. The lowest BCUT2D eigenvalue weighted by Gasteiger charge is -2.41. The van der Waals surface area contributed by atoms with Crippen LogP contribution in [0, 0.1) is 0 Å². The van der Waals surface area contributed by atoms with Crippen LogP contribution in [0.4, 0.5) is 0 Å². The minimum Gasteiger partial charge on any atom is -0.379 e. The van der Waals surface area contributed by atoms with Gasteiger partial charge in [0.25, 0.3) is 0 Å². The summed E-state index contributed by atoms with van der Waals surface area (Å²) in [5.74, 6) is 0.686. The summed E-state index contributed by atoms with van der Waals surface area (Å²) in [6.07, 6.45) is 1.27. The Balaban J connectivity index is 1.85. The number of nitrogens with zero attached hydrogens (tertiary/aromatic N) is 1. The quantitative estimate of drug-likeness (QED) is 0.874. The van der Waals surface area contributed by atoms with E-state index in [0.29, 0.717) is 12.5 Å². The van der Waals surface area contributed by atoms with E-state index in [1.807, 2.05) is 0 Å². The normalized spacial score (nSPS) is 27.1. The van der Waals surface area contributed by atoms with Gasteiger partial charge in [-0.2, -0.15) is 0 Å². The highest BCUT2D eigenvalue weighted by atomic mass is 16.5. The Kier molecular flexibility index (Phi) is 3.14. The molecule has 1 atom stereocenters. The number of hydrogen-bond acceptors (Lipinski definition) is 3. The predicted molar refractivity (Wildman–Crippen MR) is 72.8 cm³/mol. The van der Waals surface area contributed by atoms with Crippen molar-refractivity contribution in [1.29, 1.82) is 0 Å². The third-order valence-corrected chi connectivity index (χ3v) is 4.51. The highest BCUT2D eigenvalue weighted by Crippen LogP contribution is 2.34. The Morgan fingerprint density at radius 3 is 2.83 bits per heavy atom. The molecule has 0 radical (unpaired) electrons. The van der Waals surface area contributed by atoms with Crippen molar-refractivity contribution >= 4 is 0 Å². The second kappa shape index (κ2) is 4.65. The lowest BCUT2D eigenvalue weighted by Crippen LogP contribution is -2.52. The van der Waals surface area contributed by atoms with Gasteiger partial charge < -0.3 is 15.4 Å². The molecule has 3 heteroatoms. The number of benzene rings is 1. The third-order valence-electron chi connectivity index (χ3n) is 4.51. The first-order valence-corrected chi connectivity index (χ1v) is 6.80. The second-order valence-electron chi connectivity index (χ2n) is 5.85. The standard InChI is InChI=1S/C15H22N2O/c1-17-6-5-13(8-17)12-3-2-4-14(7-12)15(9-16)10-18-11-15/h2-4,7,13H,5-6,8-11,16H2,1H3. The van der Waals surface area contributed by atoms with Crippen molar-refractivity contribution < 1.29 is 4.74 Å². The van der Waals surface area contributed by atoms with Gasteiger partial charge in [0.1, 0.15) is 0 Å². The van der Waals surface area contributed by atoms with Crippen molar-refractivity contribution in [2.45, 2.75) is 17.8 Å². The monoisotopic (exact) mass is 246 g/mol. The molecule has 0 bridgehead atoms. The molecule has 2 N–H and O–H groups in total. The van der Waals surface area contributed by atoms with Crippen LogP contribution < -0.4 is 5.73 Å². The molecular formula is C15H22N2O. The molecule has 98 valence electrons. The smallest absolute Gasteiger partial charge is 0.0597 e. The Labute approximate surface area is 109 Å². The van der Waals surface area contributed by atoms with Crippen molar-refractivity contribution in [3.8, 4) is 0 Å². The number of likely N-dealkylation sites (tertiary alicyclic amines) is 1. The van der Waals surface area contributed by atoms with E-state index in [0.717, 1.165) is 13.2 Å². The first kappa shape index (κ1) is 12.2. The first-order valence-electron chi connectivity index (χ1n) is 6.80. The average molecular weight is 246 g/mol. The van der Waals surface area contributed by atoms with Crippen LogP contribution in [-0.4, -0.2) is 44.8 Å². The molecule has 3 rings (SSSR count). The van der Waals surface area contributed by atoms with Gasteiger partial charge in [0.15, 0.2) is 0 Å². The van der Waals surface area contributed by atoms with E-state index in [2.05, 4.69) is 36.2 Å². The van der Waals surface area contributed by atoms with Gasteiger partial charge in [0, 0.05) is 13.1 Å². The van der Waals surface area contributed by atoms with Crippen LogP contribution in [0.25, 0.3) is 0 Å². The van der Waals surface area contributed by atoms with E-state index >= 15 is 0 Å². The molecule has 0 saturated carbocycles. The van der Waals surface area contributed by atoms with Gasteiger partial charge in [-0.3, -0.25) is 0 Å². The summed E-state index contributed by atoms with van der Waals surface area (Å²) in [7, 11) is 2.20. The van der Waals surface area contributed by atoms with E-state index in [-0.39, 0.29) is 5.41 Å². The summed E-state index contributed by atoms with van der Waals surface area (Å²) in [6, 6.07) is 9.01. The molecule has 0 amide bonds. The molecule has 2 heterocycles. The molecule has 3 nitrogen and oxygen atoms in total. The minimum atomic E-state index is 0.0838. The Hall–Kier alpha value is -0.900. The number of rotatable bonds is 3. The maximum absolute atomic E-state index is 5.94. The number of likely N-dealkylation sites (N-methyl/N-ethyl adjacent to an activating group) is 1. The Morgan fingerprint density at radius 2 is 2.28 bits per heavy atom. The van der Waals surface area contributed by atoms with Crippen LogP contribution in [0.2, 0.25) is 0 Å². The van der Waals surface area contributed by atoms with Crippen LogP contribution >= 0.6 is 0 Å². The summed E-state index contributed by atoms with van der Waals surface area (Å²) in [5.41, 5.74) is 8.86. The molecule has 1 aromatic rings. The van der Waals surface area contributed by atoms with Gasteiger partial charge in [-0.1, -0.05) is 24.3 Å². The fourth-order valence-electron chi connectivity index (χ4n) is 3.08. The molecule has 2 aliphatic heterocycles. The van der Waals surface area contributed by atoms with E-state index in [1.54, 1.807) is 0 Å². The highest BCUT2D eigenvalue weighted by Gasteiger charge is 2.39. The molecule has 0 aromatic heterocycles. The van der Waals surface area contributed by atoms with Gasteiger partial charge in [-0.25, -0.2) is 0 Å². The summed E-state index contributed by atoms with van der Waals surface area (Å²) in [4.78, 5) is 2.41. The van der Waals surface area contributed by atoms with E-state index in [1.165, 1.54) is 30.6 Å². The summed E-state index contributed by atoms with van der Waals surface area (Å²) in [5, 5.41) is 0. The van der Waals surface area contributed by atoms with Crippen molar-refractivity contribution in [3.05, 3.63) is 35.4 Å². The largest absolute Gasteiger partial charge is 0.379 e. The summed E-state index contributed by atoms with van der Waals surface area (Å²) >= 11 is 0. The van der Waals surface area contributed by atoms with Crippen molar-refractivity contribution in [2.75, 3.05) is 39.9 Å². The fourth-order valence-corrected chi connectivity index (χ4v) is 3.08. The maximum atomic E-state index is 5.94. The molecular weight excluding hydrogens is 224 g/mol. The average Bonchev–Trinajstić information content (AvgIpc) is 2.76. The zero-order valence-corrected chi connectivity index (χ0v) is 11.1. The van der Waals surface area contributed by atoms with Crippen LogP contribution in [0.5, 0.6) is 0 Å². The fraction of sp³-hybridized carbons (Fsp3) is 0.600. The number of hydrogen-bond donors (Lipinski definition) is 1. The second-order valence-corrected chi connectivity index (χ2v) is 5.85. The van der Waals surface area contributed by atoms with Crippen LogP contribution in [0.3, 0.4) is 0 Å². The predicted octanol–water partition coefficient (Wildman–Crippen LogP) is 1.33. The minimum absolute atomic E-state index is 0.0838. The highest BCUT2D eigenvalue weighted by molar-refractivity contribution is 5.34. The van der Waals surface area contributed by atoms with Gasteiger partial charge >= 0.3 is 0 Å². The lowest BCUT2D eigenvalue weighted by atomic mass is 9.77. The van der Waals surface area contributed by atoms with Crippen LogP contribution in [0.15, 0.2) is 24.3 Å². The zero-order chi connectivity index (χ0) is 12.6. The van der Waals surface area contributed by atoms with E-state index in [9.17, 15) is 0 Å². The number of nitrogens with two attached hydrogens (primary N) is 1.